The summed E-state index contributed by atoms with van der Waals surface area (Å²) in [4.78, 5) is 23.6. The third kappa shape index (κ3) is 5.24. The van der Waals surface area contributed by atoms with Crippen molar-refractivity contribution in [2.75, 3.05) is 40.0 Å². The highest BCUT2D eigenvalue weighted by molar-refractivity contribution is 7.89. The van der Waals surface area contributed by atoms with Crippen LogP contribution in [0.4, 0.5) is 0 Å². The van der Waals surface area contributed by atoms with Crippen LogP contribution in [-0.4, -0.2) is 70.7 Å². The highest BCUT2D eigenvalue weighted by atomic mass is 32.2. The van der Waals surface area contributed by atoms with Crippen LogP contribution in [0.15, 0.2) is 35.2 Å². The maximum absolute atomic E-state index is 12.8. The number of nitrogens with zero attached hydrogens (tertiary/aromatic N) is 1. The summed E-state index contributed by atoms with van der Waals surface area (Å²) < 4.78 is 37.1. The Labute approximate surface area is 152 Å². The molecule has 1 fully saturated rings. The molecular formula is C16H23N3O6S. The van der Waals surface area contributed by atoms with Gasteiger partial charge >= 0.3 is 11.8 Å². The lowest BCUT2D eigenvalue weighted by atomic mass is 10.3. The molecular weight excluding hydrogens is 362 g/mol. The Bertz CT molecular complexity index is 710. The van der Waals surface area contributed by atoms with Crippen molar-refractivity contribution in [2.24, 2.45) is 0 Å². The van der Waals surface area contributed by atoms with E-state index in [0.717, 1.165) is 0 Å². The van der Waals surface area contributed by atoms with Crippen LogP contribution < -0.4 is 10.6 Å². The number of methoxy groups -OCH3 is 1. The van der Waals surface area contributed by atoms with Gasteiger partial charge in [-0.3, -0.25) is 9.59 Å². The van der Waals surface area contributed by atoms with Crippen molar-refractivity contribution in [1.29, 1.82) is 0 Å². The molecule has 2 rings (SSSR count). The van der Waals surface area contributed by atoms with Gasteiger partial charge in [-0.1, -0.05) is 18.2 Å². The average molecular weight is 385 g/mol. The Morgan fingerprint density at radius 1 is 1.23 bits per heavy atom. The fraction of sp³-hybridized carbons (Fsp3) is 0.500. The molecule has 1 heterocycles. The molecule has 1 unspecified atom stereocenters. The second kappa shape index (κ2) is 9.62. The summed E-state index contributed by atoms with van der Waals surface area (Å²) in [5, 5.41) is 4.80. The lowest BCUT2D eigenvalue weighted by Gasteiger charge is -2.34. The molecule has 2 amide bonds. The van der Waals surface area contributed by atoms with Crippen LogP contribution in [0.1, 0.15) is 6.42 Å². The van der Waals surface area contributed by atoms with Crippen molar-refractivity contribution < 1.29 is 27.5 Å². The molecule has 0 radical (unpaired) electrons. The molecule has 1 saturated heterocycles. The van der Waals surface area contributed by atoms with Crippen molar-refractivity contribution in [2.45, 2.75) is 17.5 Å². The summed E-state index contributed by atoms with van der Waals surface area (Å²) in [5.41, 5.74) is 0. The third-order valence-electron chi connectivity index (χ3n) is 3.74. The summed E-state index contributed by atoms with van der Waals surface area (Å²) in [6, 6.07) is 8.01. The zero-order chi connectivity index (χ0) is 19.0. The average Bonchev–Trinajstić information content (AvgIpc) is 2.67. The van der Waals surface area contributed by atoms with E-state index in [0.29, 0.717) is 13.0 Å². The van der Waals surface area contributed by atoms with E-state index in [4.69, 9.17) is 9.47 Å². The molecule has 10 heteroatoms. The molecule has 144 valence electrons. The smallest absolute Gasteiger partial charge is 0.309 e. The van der Waals surface area contributed by atoms with Gasteiger partial charge in [0, 0.05) is 20.2 Å². The third-order valence-corrected chi connectivity index (χ3v) is 5.64. The van der Waals surface area contributed by atoms with E-state index in [2.05, 4.69) is 10.6 Å². The van der Waals surface area contributed by atoms with E-state index in [-0.39, 0.29) is 31.1 Å². The van der Waals surface area contributed by atoms with Gasteiger partial charge in [0.1, 0.15) is 6.23 Å². The first kappa shape index (κ1) is 20.3. The summed E-state index contributed by atoms with van der Waals surface area (Å²) in [7, 11) is -2.28. The second-order valence-corrected chi connectivity index (χ2v) is 7.46. The van der Waals surface area contributed by atoms with Gasteiger partial charge in [-0.15, -0.1) is 0 Å². The standard InChI is InChI=1S/C16H23N3O6S/c1-24-11-8-17-15(20)16(21)18-12-14-19(9-5-10-25-14)26(22,23)13-6-3-2-4-7-13/h2-4,6-7,14H,5,8-12H2,1H3,(H,17,20)(H,18,21). The number of ether oxygens (including phenoxy) is 2. The van der Waals surface area contributed by atoms with Gasteiger partial charge in [-0.05, 0) is 18.6 Å². The quantitative estimate of drug-likeness (QED) is 0.474. The van der Waals surface area contributed by atoms with Crippen LogP contribution in [0.3, 0.4) is 0 Å². The maximum Gasteiger partial charge on any atom is 0.309 e. The highest BCUT2D eigenvalue weighted by Crippen LogP contribution is 2.21. The zero-order valence-corrected chi connectivity index (χ0v) is 15.3. The number of carbonyl (C=O) groups excluding carboxylic acids is 2. The lowest BCUT2D eigenvalue weighted by molar-refractivity contribution is -0.140. The minimum absolute atomic E-state index is 0.122. The molecule has 9 nitrogen and oxygen atoms in total. The van der Waals surface area contributed by atoms with Crippen molar-refractivity contribution in [3.8, 4) is 0 Å². The summed E-state index contributed by atoms with van der Waals surface area (Å²) in [6.45, 7) is 1.02. The molecule has 26 heavy (non-hydrogen) atoms. The van der Waals surface area contributed by atoms with Crippen LogP contribution in [0.5, 0.6) is 0 Å². The Balaban J connectivity index is 1.99. The maximum atomic E-state index is 12.8. The van der Waals surface area contributed by atoms with E-state index >= 15 is 0 Å². The molecule has 0 aliphatic carbocycles. The van der Waals surface area contributed by atoms with Crippen molar-refractivity contribution in [3.05, 3.63) is 30.3 Å². The van der Waals surface area contributed by atoms with Crippen LogP contribution in [0, 0.1) is 0 Å². The first-order chi connectivity index (χ1) is 12.5. The van der Waals surface area contributed by atoms with Crippen molar-refractivity contribution in [3.63, 3.8) is 0 Å². The minimum atomic E-state index is -3.76. The normalized spacial score (nSPS) is 18.3. The molecule has 1 aromatic rings. The van der Waals surface area contributed by atoms with Crippen LogP contribution in [0.25, 0.3) is 0 Å². The van der Waals surface area contributed by atoms with Gasteiger partial charge in [0.2, 0.25) is 10.0 Å². The van der Waals surface area contributed by atoms with E-state index in [1.165, 1.54) is 23.5 Å². The molecule has 1 atom stereocenters. The number of nitrogens with one attached hydrogen (secondary N) is 2. The zero-order valence-electron chi connectivity index (χ0n) is 14.5. The van der Waals surface area contributed by atoms with E-state index in [1.807, 2.05) is 0 Å². The number of rotatable bonds is 7. The number of hydrogen-bond acceptors (Lipinski definition) is 6. The largest absolute Gasteiger partial charge is 0.383 e. The van der Waals surface area contributed by atoms with Crippen LogP contribution >= 0.6 is 0 Å². The Morgan fingerprint density at radius 3 is 2.62 bits per heavy atom. The molecule has 1 aromatic carbocycles. The van der Waals surface area contributed by atoms with E-state index in [1.54, 1.807) is 18.2 Å². The molecule has 2 N–H and O–H groups in total. The fourth-order valence-corrected chi connectivity index (χ4v) is 4.02. The van der Waals surface area contributed by atoms with Gasteiger partial charge in [-0.2, -0.15) is 4.31 Å². The van der Waals surface area contributed by atoms with Gasteiger partial charge in [0.05, 0.1) is 24.7 Å². The summed E-state index contributed by atoms with van der Waals surface area (Å²) >= 11 is 0. The number of benzene rings is 1. The van der Waals surface area contributed by atoms with Crippen molar-refractivity contribution in [1.82, 2.24) is 14.9 Å². The topological polar surface area (TPSA) is 114 Å². The Morgan fingerprint density at radius 2 is 1.92 bits per heavy atom. The number of amides is 2. The fourth-order valence-electron chi connectivity index (χ4n) is 2.44. The number of sulfonamides is 1. The molecule has 0 saturated carbocycles. The number of carbonyl (C=O) groups is 2. The van der Waals surface area contributed by atoms with Gasteiger partial charge in [-0.25, -0.2) is 8.42 Å². The molecule has 1 aliphatic rings. The van der Waals surface area contributed by atoms with Crippen LogP contribution in [-0.2, 0) is 29.1 Å². The monoisotopic (exact) mass is 385 g/mol. The summed E-state index contributed by atoms with van der Waals surface area (Å²) in [5.74, 6) is -1.66. The molecule has 1 aliphatic heterocycles. The first-order valence-electron chi connectivity index (χ1n) is 8.20. The predicted octanol–water partition coefficient (Wildman–Crippen LogP) is -0.697. The predicted molar refractivity (Wildman–Crippen MR) is 92.6 cm³/mol. The second-order valence-electron chi connectivity index (χ2n) is 5.57. The van der Waals surface area contributed by atoms with Gasteiger partial charge < -0.3 is 20.1 Å². The molecule has 0 spiro atoms. The Kier molecular flexibility index (Phi) is 7.51. The SMILES string of the molecule is COCCNC(=O)C(=O)NCC1OCCCN1S(=O)(=O)c1ccccc1. The molecule has 0 bridgehead atoms. The van der Waals surface area contributed by atoms with Gasteiger partial charge in [0.25, 0.3) is 0 Å². The van der Waals surface area contributed by atoms with Crippen molar-refractivity contribution >= 4 is 21.8 Å². The molecule has 0 aromatic heterocycles. The first-order valence-corrected chi connectivity index (χ1v) is 9.64. The van der Waals surface area contributed by atoms with E-state index in [9.17, 15) is 18.0 Å². The highest BCUT2D eigenvalue weighted by Gasteiger charge is 2.34. The minimum Gasteiger partial charge on any atom is -0.383 e. The Hall–Kier alpha value is -2.01. The van der Waals surface area contributed by atoms with Crippen LogP contribution in [0.2, 0.25) is 0 Å². The lowest BCUT2D eigenvalue weighted by Crippen LogP contribution is -2.53. The number of hydrogen-bond donors (Lipinski definition) is 2. The van der Waals surface area contributed by atoms with Gasteiger partial charge in [0.15, 0.2) is 0 Å². The van der Waals surface area contributed by atoms with E-state index < -0.39 is 28.1 Å². The summed E-state index contributed by atoms with van der Waals surface area (Å²) in [6.07, 6.45) is -0.321.